The van der Waals surface area contributed by atoms with Gasteiger partial charge in [-0.1, -0.05) is 83.9 Å². The molecule has 0 bridgehead atoms. The van der Waals surface area contributed by atoms with Crippen molar-refractivity contribution in [3.05, 3.63) is 71.3 Å². The van der Waals surface area contributed by atoms with Crippen LogP contribution in [0.25, 0.3) is 0 Å². The SMILES string of the molecule is CCCC(Br)c1ccc(C(=O)c2ccccc2)cc1. The van der Waals surface area contributed by atoms with E-state index in [1.165, 1.54) is 5.56 Å². The van der Waals surface area contributed by atoms with E-state index in [1.807, 2.05) is 54.6 Å². The minimum absolute atomic E-state index is 0.0776. The first-order valence-electron chi connectivity index (χ1n) is 6.56. The summed E-state index contributed by atoms with van der Waals surface area (Å²) in [4.78, 5) is 12.6. The van der Waals surface area contributed by atoms with Gasteiger partial charge in [-0.05, 0) is 12.0 Å². The van der Waals surface area contributed by atoms with Crippen molar-refractivity contribution in [1.82, 2.24) is 0 Å². The first-order valence-corrected chi connectivity index (χ1v) is 7.47. The third-order valence-electron chi connectivity index (χ3n) is 3.11. The first-order chi connectivity index (χ1) is 9.22. The van der Waals surface area contributed by atoms with Crippen molar-refractivity contribution in [3.63, 3.8) is 0 Å². The normalized spacial score (nSPS) is 12.1. The maximum absolute atomic E-state index is 12.2. The van der Waals surface area contributed by atoms with Gasteiger partial charge in [0.15, 0.2) is 5.78 Å². The van der Waals surface area contributed by atoms with Gasteiger partial charge in [0.05, 0.1) is 0 Å². The zero-order valence-corrected chi connectivity index (χ0v) is 12.6. The maximum atomic E-state index is 12.2. The number of halogens is 1. The minimum atomic E-state index is 0.0776. The lowest BCUT2D eigenvalue weighted by atomic mass is 10.0. The van der Waals surface area contributed by atoms with E-state index >= 15 is 0 Å². The summed E-state index contributed by atoms with van der Waals surface area (Å²) in [7, 11) is 0. The highest BCUT2D eigenvalue weighted by atomic mass is 79.9. The number of benzene rings is 2. The van der Waals surface area contributed by atoms with Gasteiger partial charge >= 0.3 is 0 Å². The molecule has 0 heterocycles. The fourth-order valence-electron chi connectivity index (χ4n) is 2.02. The fraction of sp³-hybridized carbons (Fsp3) is 0.235. The van der Waals surface area contributed by atoms with Crippen LogP contribution >= 0.6 is 15.9 Å². The Morgan fingerprint density at radius 1 is 1.00 bits per heavy atom. The molecule has 2 rings (SSSR count). The minimum Gasteiger partial charge on any atom is -0.289 e. The first kappa shape index (κ1) is 14.0. The van der Waals surface area contributed by atoms with Gasteiger partial charge in [0.1, 0.15) is 0 Å². The van der Waals surface area contributed by atoms with Gasteiger partial charge < -0.3 is 0 Å². The molecule has 0 radical (unpaired) electrons. The summed E-state index contributed by atoms with van der Waals surface area (Å²) in [5.74, 6) is 0.0776. The topological polar surface area (TPSA) is 17.1 Å². The Hall–Kier alpha value is -1.41. The summed E-state index contributed by atoms with van der Waals surface area (Å²) in [5.41, 5.74) is 2.71. The van der Waals surface area contributed by atoms with E-state index in [0.29, 0.717) is 4.83 Å². The molecule has 2 aromatic rings. The van der Waals surface area contributed by atoms with E-state index in [4.69, 9.17) is 0 Å². The molecule has 2 aromatic carbocycles. The van der Waals surface area contributed by atoms with Gasteiger partial charge in [0, 0.05) is 16.0 Å². The summed E-state index contributed by atoms with van der Waals surface area (Å²) in [6.45, 7) is 2.17. The molecule has 0 aromatic heterocycles. The molecule has 0 aliphatic rings. The van der Waals surface area contributed by atoms with Crippen LogP contribution < -0.4 is 0 Å². The summed E-state index contributed by atoms with van der Waals surface area (Å²) < 4.78 is 0. The van der Waals surface area contributed by atoms with Crippen molar-refractivity contribution in [2.45, 2.75) is 24.6 Å². The Morgan fingerprint density at radius 3 is 2.16 bits per heavy atom. The summed E-state index contributed by atoms with van der Waals surface area (Å²) in [6.07, 6.45) is 2.24. The molecule has 0 fully saturated rings. The number of carbonyl (C=O) groups is 1. The molecule has 0 saturated carbocycles. The molecular weight excluding hydrogens is 300 g/mol. The zero-order chi connectivity index (χ0) is 13.7. The number of hydrogen-bond donors (Lipinski definition) is 0. The van der Waals surface area contributed by atoms with E-state index in [-0.39, 0.29) is 5.78 Å². The number of ketones is 1. The molecule has 0 aliphatic heterocycles. The van der Waals surface area contributed by atoms with Gasteiger partial charge in [-0.25, -0.2) is 0 Å². The monoisotopic (exact) mass is 316 g/mol. The molecule has 2 heteroatoms. The highest BCUT2D eigenvalue weighted by Crippen LogP contribution is 2.27. The fourth-order valence-corrected chi connectivity index (χ4v) is 2.78. The van der Waals surface area contributed by atoms with E-state index in [2.05, 4.69) is 22.9 Å². The van der Waals surface area contributed by atoms with Crippen LogP contribution in [0.3, 0.4) is 0 Å². The van der Waals surface area contributed by atoms with Crippen LogP contribution in [0, 0.1) is 0 Å². The molecule has 1 unspecified atom stereocenters. The second kappa shape index (κ2) is 6.67. The van der Waals surface area contributed by atoms with Crippen molar-refractivity contribution in [1.29, 1.82) is 0 Å². The van der Waals surface area contributed by atoms with Crippen molar-refractivity contribution >= 4 is 21.7 Å². The lowest BCUT2D eigenvalue weighted by Gasteiger charge is -2.09. The van der Waals surface area contributed by atoms with Gasteiger partial charge in [0.25, 0.3) is 0 Å². The van der Waals surface area contributed by atoms with Crippen LogP contribution in [0.2, 0.25) is 0 Å². The molecule has 0 amide bonds. The summed E-state index contributed by atoms with van der Waals surface area (Å²) >= 11 is 3.67. The van der Waals surface area contributed by atoms with Crippen LogP contribution in [0.1, 0.15) is 46.1 Å². The average molecular weight is 317 g/mol. The Balaban J connectivity index is 2.17. The van der Waals surface area contributed by atoms with Crippen LogP contribution in [-0.2, 0) is 0 Å². The Bertz CT molecular complexity index is 531. The van der Waals surface area contributed by atoms with E-state index in [0.717, 1.165) is 24.0 Å². The Labute approximate surface area is 122 Å². The quantitative estimate of drug-likeness (QED) is 0.550. The average Bonchev–Trinajstić information content (AvgIpc) is 2.48. The number of carbonyl (C=O) groups excluding carboxylic acids is 1. The zero-order valence-electron chi connectivity index (χ0n) is 11.0. The van der Waals surface area contributed by atoms with Crippen molar-refractivity contribution < 1.29 is 4.79 Å². The highest BCUT2D eigenvalue weighted by molar-refractivity contribution is 9.09. The van der Waals surface area contributed by atoms with E-state index in [1.54, 1.807) is 0 Å². The highest BCUT2D eigenvalue weighted by Gasteiger charge is 2.10. The lowest BCUT2D eigenvalue weighted by molar-refractivity contribution is 0.103. The van der Waals surface area contributed by atoms with Gasteiger partial charge in [-0.3, -0.25) is 4.79 Å². The van der Waals surface area contributed by atoms with Crippen molar-refractivity contribution in [2.24, 2.45) is 0 Å². The second-order valence-corrected chi connectivity index (χ2v) is 5.68. The van der Waals surface area contributed by atoms with Crippen molar-refractivity contribution in [2.75, 3.05) is 0 Å². The van der Waals surface area contributed by atoms with E-state index < -0.39 is 0 Å². The summed E-state index contributed by atoms with van der Waals surface area (Å²) in [6, 6.07) is 17.3. The predicted molar refractivity (Wildman–Crippen MR) is 82.9 cm³/mol. The predicted octanol–water partition coefficient (Wildman–Crippen LogP) is 5.15. The lowest BCUT2D eigenvalue weighted by Crippen LogP contribution is -2.01. The molecule has 0 aliphatic carbocycles. The third kappa shape index (κ3) is 3.54. The molecule has 1 atom stereocenters. The van der Waals surface area contributed by atoms with Crippen molar-refractivity contribution in [3.8, 4) is 0 Å². The summed E-state index contributed by atoms with van der Waals surface area (Å²) in [5, 5.41) is 0. The number of hydrogen-bond acceptors (Lipinski definition) is 1. The Morgan fingerprint density at radius 2 is 1.58 bits per heavy atom. The molecule has 19 heavy (non-hydrogen) atoms. The Kier molecular flexibility index (Phi) is 4.92. The van der Waals surface area contributed by atoms with E-state index in [9.17, 15) is 4.79 Å². The van der Waals surface area contributed by atoms with Gasteiger partial charge in [0.2, 0.25) is 0 Å². The second-order valence-electron chi connectivity index (χ2n) is 4.57. The van der Waals surface area contributed by atoms with Gasteiger partial charge in [-0.15, -0.1) is 0 Å². The molecule has 0 spiro atoms. The molecule has 0 saturated heterocycles. The third-order valence-corrected chi connectivity index (χ3v) is 4.10. The van der Waals surface area contributed by atoms with Crippen LogP contribution in [0.15, 0.2) is 54.6 Å². The molecule has 1 nitrogen and oxygen atoms in total. The number of rotatable bonds is 5. The maximum Gasteiger partial charge on any atom is 0.193 e. The molecule has 98 valence electrons. The molecule has 0 N–H and O–H groups in total. The van der Waals surface area contributed by atoms with Gasteiger partial charge in [-0.2, -0.15) is 0 Å². The van der Waals surface area contributed by atoms with Crippen LogP contribution in [0.4, 0.5) is 0 Å². The smallest absolute Gasteiger partial charge is 0.193 e. The van der Waals surface area contributed by atoms with Crippen LogP contribution in [0.5, 0.6) is 0 Å². The standard InChI is InChI=1S/C17H17BrO/c1-2-6-16(18)13-9-11-15(12-10-13)17(19)14-7-4-3-5-8-14/h3-5,7-12,16H,2,6H2,1H3. The largest absolute Gasteiger partial charge is 0.289 e. The van der Waals surface area contributed by atoms with Crippen LogP contribution in [-0.4, -0.2) is 5.78 Å². The molecular formula is C17H17BrO. The number of alkyl halides is 1.